The van der Waals surface area contributed by atoms with Crippen LogP contribution in [0.1, 0.15) is 59.6 Å². The molecule has 0 spiro atoms. The van der Waals surface area contributed by atoms with Gasteiger partial charge >= 0.3 is 0 Å². The molecule has 4 heterocycles. The van der Waals surface area contributed by atoms with Crippen LogP contribution in [0.25, 0.3) is 0 Å². The van der Waals surface area contributed by atoms with Gasteiger partial charge in [-0.3, -0.25) is 19.5 Å². The molecule has 0 bridgehead atoms. The van der Waals surface area contributed by atoms with Crippen LogP contribution in [0.15, 0.2) is 47.5 Å². The van der Waals surface area contributed by atoms with Gasteiger partial charge in [-0.2, -0.15) is 0 Å². The van der Waals surface area contributed by atoms with E-state index >= 15 is 0 Å². The Morgan fingerprint density at radius 1 is 1.21 bits per heavy atom. The second-order valence-electron chi connectivity index (χ2n) is 11.8. The molecule has 1 fully saturated rings. The molecule has 11 heteroatoms. The first kappa shape index (κ1) is 31.0. The van der Waals surface area contributed by atoms with E-state index in [1.54, 1.807) is 18.5 Å². The topological polar surface area (TPSA) is 121 Å². The predicted molar refractivity (Wildman–Crippen MR) is 162 cm³/mol. The van der Waals surface area contributed by atoms with Gasteiger partial charge in [-0.05, 0) is 60.9 Å². The van der Waals surface area contributed by atoms with Crippen LogP contribution in [0.5, 0.6) is 5.75 Å². The highest BCUT2D eigenvalue weighted by Gasteiger charge is 2.25. The zero-order valence-corrected chi connectivity index (χ0v) is 25.6. The Labute approximate surface area is 257 Å². The van der Waals surface area contributed by atoms with Crippen molar-refractivity contribution in [1.82, 2.24) is 25.1 Å². The number of nitrogens with zero attached hydrogens (tertiary/aromatic N) is 4. The number of carbonyl (C=O) groups excluding carboxylic acids is 2. The Kier molecular flexibility index (Phi) is 10.3. The Morgan fingerprint density at radius 2 is 2.02 bits per heavy atom. The van der Waals surface area contributed by atoms with E-state index in [1.165, 1.54) is 6.39 Å². The fourth-order valence-electron chi connectivity index (χ4n) is 5.80. The standard InChI is InChI=1S/C32H40ClN5O5/c1-21(2)32(41)38-11-6-22(7-12-38)13-25-14-23(5-9-35-25)31(40)36-15-26(39)18-37-10-8-28-24(17-37)3-4-29(30(28)33)42-19-27-16-34-20-43-27/h3-5,9,14,16,20-22,26,39H,6-8,10-13,15,17-19H2,1-2H3,(H,36,40)/t26-/m0/s1. The molecule has 1 aromatic carbocycles. The minimum absolute atomic E-state index is 0.0222. The van der Waals surface area contributed by atoms with Crippen molar-refractivity contribution in [2.75, 3.05) is 32.7 Å². The maximum atomic E-state index is 12.9. The number of piperidine rings is 1. The summed E-state index contributed by atoms with van der Waals surface area (Å²) in [5.74, 6) is 1.68. The lowest BCUT2D eigenvalue weighted by atomic mass is 9.91. The summed E-state index contributed by atoms with van der Waals surface area (Å²) < 4.78 is 11.0. The molecule has 1 saturated heterocycles. The minimum Gasteiger partial charge on any atom is -0.484 e. The number of β-amino-alcohol motifs (C(OH)–C–C–N with tert-alkyl or cyclic N) is 1. The van der Waals surface area contributed by atoms with Crippen molar-refractivity contribution in [3.05, 3.63) is 76.2 Å². The van der Waals surface area contributed by atoms with Crippen LogP contribution < -0.4 is 10.1 Å². The Balaban J connectivity index is 1.06. The van der Waals surface area contributed by atoms with E-state index in [0.29, 0.717) is 41.1 Å². The molecule has 0 saturated carbocycles. The van der Waals surface area contributed by atoms with Gasteiger partial charge in [0.15, 0.2) is 12.2 Å². The van der Waals surface area contributed by atoms with Crippen LogP contribution in [0.3, 0.4) is 0 Å². The van der Waals surface area contributed by atoms with Crippen molar-refractivity contribution in [2.45, 2.75) is 58.8 Å². The number of ether oxygens (including phenoxy) is 1. The number of halogens is 1. The number of pyridine rings is 1. The van der Waals surface area contributed by atoms with Crippen molar-refractivity contribution in [3.63, 3.8) is 0 Å². The highest BCUT2D eigenvalue weighted by molar-refractivity contribution is 6.33. The predicted octanol–water partition coefficient (Wildman–Crippen LogP) is 3.89. The van der Waals surface area contributed by atoms with Crippen molar-refractivity contribution in [2.24, 2.45) is 11.8 Å². The zero-order valence-electron chi connectivity index (χ0n) is 24.8. The van der Waals surface area contributed by atoms with Gasteiger partial charge < -0.3 is 24.5 Å². The molecule has 2 aliphatic rings. The van der Waals surface area contributed by atoms with E-state index in [9.17, 15) is 14.7 Å². The van der Waals surface area contributed by atoms with Crippen LogP contribution in [0.4, 0.5) is 0 Å². The normalized spacial score (nSPS) is 16.6. The average molecular weight is 610 g/mol. The average Bonchev–Trinajstić information content (AvgIpc) is 3.53. The third kappa shape index (κ3) is 8.13. The number of aromatic nitrogens is 2. The monoisotopic (exact) mass is 609 g/mol. The summed E-state index contributed by atoms with van der Waals surface area (Å²) in [5.41, 5.74) is 3.56. The van der Waals surface area contributed by atoms with Gasteiger partial charge in [-0.25, -0.2) is 4.98 Å². The number of amides is 2. The number of rotatable bonds is 11. The smallest absolute Gasteiger partial charge is 0.251 e. The maximum absolute atomic E-state index is 12.9. The highest BCUT2D eigenvalue weighted by Crippen LogP contribution is 2.34. The first-order valence-electron chi connectivity index (χ1n) is 15.0. The number of fused-ring (bicyclic) bond motifs is 1. The second kappa shape index (κ2) is 14.3. The third-order valence-electron chi connectivity index (χ3n) is 8.19. The SMILES string of the molecule is CC(C)C(=O)N1CCC(Cc2cc(C(=O)NC[C@H](O)CN3CCc4c(ccc(OCc5cnco5)c4Cl)C3)ccn2)CC1. The van der Waals surface area contributed by atoms with Crippen LogP contribution in [-0.2, 0) is 30.8 Å². The number of nitrogens with one attached hydrogen (secondary N) is 1. The summed E-state index contributed by atoms with van der Waals surface area (Å²) in [5, 5.41) is 14.2. The third-order valence-corrected chi connectivity index (χ3v) is 8.61. The van der Waals surface area contributed by atoms with Gasteiger partial charge in [-0.1, -0.05) is 31.5 Å². The summed E-state index contributed by atoms with van der Waals surface area (Å²) in [7, 11) is 0. The molecular weight excluding hydrogens is 570 g/mol. The van der Waals surface area contributed by atoms with E-state index in [0.717, 1.165) is 62.1 Å². The van der Waals surface area contributed by atoms with Gasteiger partial charge in [0.2, 0.25) is 5.91 Å². The molecule has 2 aliphatic heterocycles. The van der Waals surface area contributed by atoms with E-state index in [2.05, 4.69) is 20.2 Å². The fraction of sp³-hybridized carbons (Fsp3) is 0.500. The number of likely N-dealkylation sites (tertiary alicyclic amines) is 1. The van der Waals surface area contributed by atoms with Crippen molar-refractivity contribution < 1.29 is 23.8 Å². The van der Waals surface area contributed by atoms with Gasteiger partial charge in [0.25, 0.3) is 5.91 Å². The Bertz CT molecular complexity index is 1390. The molecule has 2 amide bonds. The molecule has 10 nitrogen and oxygen atoms in total. The number of oxazole rings is 1. The maximum Gasteiger partial charge on any atom is 0.251 e. The lowest BCUT2D eigenvalue weighted by molar-refractivity contribution is -0.135. The van der Waals surface area contributed by atoms with Crippen molar-refractivity contribution >= 4 is 23.4 Å². The van der Waals surface area contributed by atoms with Gasteiger partial charge in [-0.15, -0.1) is 0 Å². The Hall–Kier alpha value is -3.47. The lowest BCUT2D eigenvalue weighted by Gasteiger charge is -2.33. The summed E-state index contributed by atoms with van der Waals surface area (Å²) in [6, 6.07) is 7.40. The molecule has 1 atom stereocenters. The lowest BCUT2D eigenvalue weighted by Crippen LogP contribution is -2.42. The molecule has 3 aromatic rings. The van der Waals surface area contributed by atoms with E-state index < -0.39 is 6.10 Å². The van der Waals surface area contributed by atoms with Crippen LogP contribution >= 0.6 is 11.6 Å². The van der Waals surface area contributed by atoms with Crippen LogP contribution in [0, 0.1) is 11.8 Å². The molecule has 2 N–H and O–H groups in total. The summed E-state index contributed by atoms with van der Waals surface area (Å²) in [6.07, 6.45) is 7.32. The van der Waals surface area contributed by atoms with E-state index in [-0.39, 0.29) is 30.9 Å². The number of hydrogen-bond donors (Lipinski definition) is 2. The van der Waals surface area contributed by atoms with Crippen molar-refractivity contribution in [1.29, 1.82) is 0 Å². The first-order valence-corrected chi connectivity index (χ1v) is 15.4. The second-order valence-corrected chi connectivity index (χ2v) is 12.2. The van der Waals surface area contributed by atoms with Gasteiger partial charge in [0.05, 0.1) is 17.3 Å². The zero-order chi connectivity index (χ0) is 30.3. The number of aliphatic hydroxyl groups excluding tert-OH is 1. The first-order chi connectivity index (χ1) is 20.8. The summed E-state index contributed by atoms with van der Waals surface area (Å²) in [4.78, 5) is 37.6. The number of benzene rings is 1. The van der Waals surface area contributed by atoms with E-state index in [1.807, 2.05) is 36.9 Å². The Morgan fingerprint density at radius 3 is 2.77 bits per heavy atom. The van der Waals surface area contributed by atoms with Crippen LogP contribution in [-0.4, -0.2) is 75.5 Å². The molecule has 0 aliphatic carbocycles. The molecule has 43 heavy (non-hydrogen) atoms. The van der Waals surface area contributed by atoms with Gasteiger partial charge in [0.1, 0.15) is 12.4 Å². The highest BCUT2D eigenvalue weighted by atomic mass is 35.5. The largest absolute Gasteiger partial charge is 0.484 e. The minimum atomic E-state index is -0.717. The fourth-order valence-corrected chi connectivity index (χ4v) is 6.14. The number of carbonyl (C=O) groups is 2. The van der Waals surface area contributed by atoms with Crippen molar-refractivity contribution in [3.8, 4) is 5.75 Å². The number of aliphatic hydroxyl groups is 1. The summed E-state index contributed by atoms with van der Waals surface area (Å²) in [6.45, 7) is 7.65. The molecule has 0 radical (unpaired) electrons. The quantitative estimate of drug-likeness (QED) is 0.336. The van der Waals surface area contributed by atoms with E-state index in [4.69, 9.17) is 20.8 Å². The molecule has 5 rings (SSSR count). The van der Waals surface area contributed by atoms with Gasteiger partial charge in [0, 0.05) is 62.6 Å². The molecule has 0 unspecified atom stereocenters. The van der Waals surface area contributed by atoms with Crippen LogP contribution in [0.2, 0.25) is 5.02 Å². The number of hydrogen-bond acceptors (Lipinski definition) is 8. The summed E-state index contributed by atoms with van der Waals surface area (Å²) >= 11 is 6.65. The molecule has 230 valence electrons. The molecular formula is C32H40ClN5O5. The molecule has 2 aromatic heterocycles.